The molecule has 0 spiro atoms. The van der Waals surface area contributed by atoms with E-state index in [-0.39, 0.29) is 0 Å². The summed E-state index contributed by atoms with van der Waals surface area (Å²) in [4.78, 5) is 1.80. The van der Waals surface area contributed by atoms with Crippen LogP contribution in [0.3, 0.4) is 0 Å². The molecule has 0 amide bonds. The highest BCUT2D eigenvalue weighted by Gasteiger charge is 2.02. The van der Waals surface area contributed by atoms with Crippen LogP contribution in [0.25, 0.3) is 0 Å². The van der Waals surface area contributed by atoms with Crippen LogP contribution in [0.15, 0.2) is 58.3 Å². The van der Waals surface area contributed by atoms with Gasteiger partial charge >= 0.3 is 0 Å². The van der Waals surface area contributed by atoms with Crippen molar-refractivity contribution >= 4 is 23.5 Å². The smallest absolute Gasteiger partial charge is 0.129 e. The van der Waals surface area contributed by atoms with E-state index in [4.69, 9.17) is 0 Å². The van der Waals surface area contributed by atoms with E-state index in [1.807, 2.05) is 36.4 Å². The lowest BCUT2D eigenvalue weighted by atomic mass is 10.3. The summed E-state index contributed by atoms with van der Waals surface area (Å²) in [7, 11) is 0. The van der Waals surface area contributed by atoms with Gasteiger partial charge in [0.15, 0.2) is 0 Å². The maximum Gasteiger partial charge on any atom is 0.129 e. The van der Waals surface area contributed by atoms with Crippen LogP contribution in [0.4, 0.5) is 0 Å². The molecular weight excluding hydrogens is 264 g/mol. The van der Waals surface area contributed by atoms with E-state index >= 15 is 0 Å². The van der Waals surface area contributed by atoms with Crippen LogP contribution in [-0.4, -0.2) is 21.7 Å². The van der Waals surface area contributed by atoms with Crippen molar-refractivity contribution in [3.05, 3.63) is 48.5 Å². The summed E-state index contributed by atoms with van der Waals surface area (Å²) in [5, 5.41) is 19.2. The minimum absolute atomic E-state index is 0.329. The lowest BCUT2D eigenvalue weighted by molar-refractivity contribution is 0.462. The number of rotatable bonds is 5. The molecule has 2 aromatic carbocycles. The zero-order valence-electron chi connectivity index (χ0n) is 9.74. The van der Waals surface area contributed by atoms with E-state index in [1.165, 1.54) is 0 Å². The van der Waals surface area contributed by atoms with Gasteiger partial charge in [-0.3, -0.25) is 0 Å². The van der Waals surface area contributed by atoms with Gasteiger partial charge in [0.05, 0.1) is 0 Å². The number of hydrogen-bond donors (Lipinski definition) is 2. The summed E-state index contributed by atoms with van der Waals surface area (Å²) in [6, 6.07) is 14.7. The Kier molecular flexibility index (Phi) is 4.84. The first-order chi connectivity index (χ1) is 8.77. The SMILES string of the molecule is Oc1ccccc1SCCSc1ccccc1O. The van der Waals surface area contributed by atoms with E-state index in [0.717, 1.165) is 21.3 Å². The highest BCUT2D eigenvalue weighted by atomic mass is 32.2. The zero-order valence-corrected chi connectivity index (χ0v) is 11.4. The molecule has 0 saturated heterocycles. The van der Waals surface area contributed by atoms with Gasteiger partial charge < -0.3 is 10.2 Å². The van der Waals surface area contributed by atoms with Crippen LogP contribution < -0.4 is 0 Å². The van der Waals surface area contributed by atoms with Gasteiger partial charge in [-0.2, -0.15) is 0 Å². The fraction of sp³-hybridized carbons (Fsp3) is 0.143. The fourth-order valence-corrected chi connectivity index (χ4v) is 3.35. The van der Waals surface area contributed by atoms with Crippen LogP contribution in [0.2, 0.25) is 0 Å². The van der Waals surface area contributed by atoms with Crippen LogP contribution in [0.5, 0.6) is 11.5 Å². The maximum absolute atomic E-state index is 9.60. The van der Waals surface area contributed by atoms with Crippen molar-refractivity contribution in [1.82, 2.24) is 0 Å². The zero-order chi connectivity index (χ0) is 12.8. The van der Waals surface area contributed by atoms with Gasteiger partial charge in [0.1, 0.15) is 11.5 Å². The molecule has 94 valence electrons. The Morgan fingerprint density at radius 3 is 1.44 bits per heavy atom. The van der Waals surface area contributed by atoms with E-state index in [9.17, 15) is 10.2 Å². The molecule has 0 aliphatic rings. The maximum atomic E-state index is 9.60. The molecule has 2 N–H and O–H groups in total. The molecule has 2 rings (SSSR count). The Labute approximate surface area is 115 Å². The van der Waals surface area contributed by atoms with Crippen molar-refractivity contribution in [1.29, 1.82) is 0 Å². The molecule has 18 heavy (non-hydrogen) atoms. The average molecular weight is 278 g/mol. The number of para-hydroxylation sites is 2. The number of phenols is 2. The molecule has 4 heteroatoms. The third-order valence-electron chi connectivity index (χ3n) is 2.33. The molecule has 0 heterocycles. The molecule has 0 atom stereocenters. The monoisotopic (exact) mass is 278 g/mol. The first-order valence-corrected chi connectivity index (χ1v) is 7.56. The second-order valence-electron chi connectivity index (χ2n) is 3.63. The molecule has 0 bridgehead atoms. The Hall–Kier alpha value is -1.26. The van der Waals surface area contributed by atoms with Crippen LogP contribution in [0, 0.1) is 0 Å². The standard InChI is InChI=1S/C14H14O2S2/c15-11-5-1-3-7-13(11)17-9-10-18-14-8-4-2-6-12(14)16/h1-8,15-16H,9-10H2. The quantitative estimate of drug-likeness (QED) is 0.641. The van der Waals surface area contributed by atoms with Crippen molar-refractivity contribution in [2.24, 2.45) is 0 Å². The van der Waals surface area contributed by atoms with Crippen molar-refractivity contribution in [2.75, 3.05) is 11.5 Å². The van der Waals surface area contributed by atoms with Gasteiger partial charge in [-0.25, -0.2) is 0 Å². The number of benzene rings is 2. The predicted molar refractivity (Wildman–Crippen MR) is 77.7 cm³/mol. The predicted octanol–water partition coefficient (Wildman–Crippen LogP) is 3.98. The minimum Gasteiger partial charge on any atom is -0.507 e. The number of phenolic OH excluding ortho intramolecular Hbond substituents is 2. The van der Waals surface area contributed by atoms with Gasteiger partial charge in [0.25, 0.3) is 0 Å². The Balaban J connectivity index is 1.80. The molecule has 0 unspecified atom stereocenters. The van der Waals surface area contributed by atoms with E-state index in [2.05, 4.69) is 0 Å². The largest absolute Gasteiger partial charge is 0.507 e. The van der Waals surface area contributed by atoms with Crippen LogP contribution in [-0.2, 0) is 0 Å². The van der Waals surface area contributed by atoms with E-state index < -0.39 is 0 Å². The molecular formula is C14H14O2S2. The number of aromatic hydroxyl groups is 2. The molecule has 0 fully saturated rings. The molecule has 0 aromatic heterocycles. The summed E-state index contributed by atoms with van der Waals surface area (Å²) in [6.07, 6.45) is 0. The van der Waals surface area contributed by atoms with Crippen LogP contribution in [0.1, 0.15) is 0 Å². The third-order valence-corrected chi connectivity index (χ3v) is 4.72. The second-order valence-corrected chi connectivity index (χ2v) is 5.91. The van der Waals surface area contributed by atoms with Crippen molar-refractivity contribution in [2.45, 2.75) is 9.79 Å². The normalized spacial score (nSPS) is 10.4. The lowest BCUT2D eigenvalue weighted by Crippen LogP contribution is -1.85. The van der Waals surface area contributed by atoms with Crippen molar-refractivity contribution < 1.29 is 10.2 Å². The van der Waals surface area contributed by atoms with Gasteiger partial charge in [0.2, 0.25) is 0 Å². The highest BCUT2D eigenvalue weighted by molar-refractivity contribution is 8.03. The average Bonchev–Trinajstić information content (AvgIpc) is 2.38. The lowest BCUT2D eigenvalue weighted by Gasteiger charge is -2.05. The van der Waals surface area contributed by atoms with Crippen molar-refractivity contribution in [3.8, 4) is 11.5 Å². The van der Waals surface area contributed by atoms with Crippen LogP contribution >= 0.6 is 23.5 Å². The fourth-order valence-electron chi connectivity index (χ4n) is 1.46. The molecule has 2 aromatic rings. The first kappa shape index (κ1) is 13.2. The number of hydrogen-bond acceptors (Lipinski definition) is 4. The minimum atomic E-state index is 0.329. The molecule has 0 radical (unpaired) electrons. The summed E-state index contributed by atoms with van der Waals surface area (Å²) in [5.41, 5.74) is 0. The number of thioether (sulfide) groups is 2. The third kappa shape index (κ3) is 3.62. The molecule has 0 aliphatic heterocycles. The molecule has 2 nitrogen and oxygen atoms in total. The molecule has 0 saturated carbocycles. The van der Waals surface area contributed by atoms with E-state index in [0.29, 0.717) is 11.5 Å². The summed E-state index contributed by atoms with van der Waals surface area (Å²) in [5.74, 6) is 2.43. The van der Waals surface area contributed by atoms with Gasteiger partial charge in [-0.05, 0) is 24.3 Å². The summed E-state index contributed by atoms with van der Waals surface area (Å²) >= 11 is 3.24. The second kappa shape index (κ2) is 6.61. The Morgan fingerprint density at radius 1 is 0.667 bits per heavy atom. The Morgan fingerprint density at radius 2 is 1.06 bits per heavy atom. The summed E-state index contributed by atoms with van der Waals surface area (Å²) in [6.45, 7) is 0. The summed E-state index contributed by atoms with van der Waals surface area (Å²) < 4.78 is 0. The van der Waals surface area contributed by atoms with Gasteiger partial charge in [0, 0.05) is 21.3 Å². The van der Waals surface area contributed by atoms with Crippen molar-refractivity contribution in [3.63, 3.8) is 0 Å². The highest BCUT2D eigenvalue weighted by Crippen LogP contribution is 2.31. The topological polar surface area (TPSA) is 40.5 Å². The first-order valence-electron chi connectivity index (χ1n) is 5.59. The Bertz CT molecular complexity index is 467. The van der Waals surface area contributed by atoms with Gasteiger partial charge in [-0.15, -0.1) is 23.5 Å². The van der Waals surface area contributed by atoms with Gasteiger partial charge in [-0.1, -0.05) is 24.3 Å². The van der Waals surface area contributed by atoms with E-state index in [1.54, 1.807) is 35.7 Å². The molecule has 0 aliphatic carbocycles.